The van der Waals surface area contributed by atoms with E-state index >= 15 is 0 Å². The molecule has 1 aromatic carbocycles. The Hall–Kier alpha value is -1.03. The molecule has 0 aromatic heterocycles. The van der Waals surface area contributed by atoms with Crippen molar-refractivity contribution < 1.29 is 4.79 Å². The number of nitrogen functional groups attached to an aromatic ring is 1. The molecule has 1 aliphatic heterocycles. The van der Waals surface area contributed by atoms with Gasteiger partial charge in [-0.25, -0.2) is 0 Å². The molecule has 0 bridgehead atoms. The van der Waals surface area contributed by atoms with Crippen LogP contribution in [0.15, 0.2) is 22.7 Å². The molecule has 0 saturated carbocycles. The largest absolute Gasteiger partial charge is 0.398 e. The third-order valence-electron chi connectivity index (χ3n) is 3.85. The number of nitrogens with two attached hydrogens (primary N) is 1. The van der Waals surface area contributed by atoms with E-state index in [0.29, 0.717) is 17.3 Å². The fourth-order valence-corrected chi connectivity index (χ4v) is 3.13. The average molecular weight is 325 g/mol. The van der Waals surface area contributed by atoms with Crippen molar-refractivity contribution in [3.05, 3.63) is 28.2 Å². The molecular formula is C15H21BrN2O. The number of carbonyl (C=O) groups excluding carboxylic acids is 1. The van der Waals surface area contributed by atoms with Gasteiger partial charge in [0.05, 0.1) is 5.56 Å². The van der Waals surface area contributed by atoms with Crippen LogP contribution in [0.1, 0.15) is 49.4 Å². The Kier molecular flexibility index (Phi) is 4.86. The molecule has 19 heavy (non-hydrogen) atoms. The third kappa shape index (κ3) is 3.30. The van der Waals surface area contributed by atoms with Crippen LogP contribution >= 0.6 is 15.9 Å². The van der Waals surface area contributed by atoms with Crippen molar-refractivity contribution in [2.75, 3.05) is 12.3 Å². The third-order valence-corrected chi connectivity index (χ3v) is 4.35. The smallest absolute Gasteiger partial charge is 0.256 e. The Morgan fingerprint density at radius 2 is 2.21 bits per heavy atom. The number of carbonyl (C=O) groups is 1. The Morgan fingerprint density at radius 1 is 1.42 bits per heavy atom. The maximum absolute atomic E-state index is 12.7. The molecule has 1 heterocycles. The van der Waals surface area contributed by atoms with Crippen LogP contribution in [0.2, 0.25) is 0 Å². The lowest BCUT2D eigenvalue weighted by atomic mass is 10.1. The maximum Gasteiger partial charge on any atom is 0.256 e. The van der Waals surface area contributed by atoms with E-state index in [4.69, 9.17) is 5.73 Å². The zero-order valence-corrected chi connectivity index (χ0v) is 12.9. The van der Waals surface area contributed by atoms with Gasteiger partial charge in [-0.15, -0.1) is 0 Å². The fraction of sp³-hybridized carbons (Fsp3) is 0.533. The molecular weight excluding hydrogens is 304 g/mol. The molecule has 0 aliphatic carbocycles. The summed E-state index contributed by atoms with van der Waals surface area (Å²) in [6, 6.07) is 5.85. The first-order valence-electron chi connectivity index (χ1n) is 6.99. The summed E-state index contributed by atoms with van der Waals surface area (Å²) in [5.74, 6) is 0.0822. The molecule has 0 spiro atoms. The zero-order valence-electron chi connectivity index (χ0n) is 11.4. The minimum Gasteiger partial charge on any atom is -0.398 e. The topological polar surface area (TPSA) is 46.3 Å². The highest BCUT2D eigenvalue weighted by atomic mass is 79.9. The van der Waals surface area contributed by atoms with E-state index in [2.05, 4.69) is 22.9 Å². The summed E-state index contributed by atoms with van der Waals surface area (Å²) in [6.07, 6.45) is 5.66. The maximum atomic E-state index is 12.7. The quantitative estimate of drug-likeness (QED) is 0.840. The second-order valence-electron chi connectivity index (χ2n) is 5.14. The minimum atomic E-state index is 0.0822. The first kappa shape index (κ1) is 14.4. The molecule has 1 unspecified atom stereocenters. The predicted molar refractivity (Wildman–Crippen MR) is 82.1 cm³/mol. The van der Waals surface area contributed by atoms with Crippen molar-refractivity contribution in [1.82, 2.24) is 4.90 Å². The Labute approximate surface area is 123 Å². The van der Waals surface area contributed by atoms with Crippen LogP contribution in [0.4, 0.5) is 5.69 Å². The molecule has 2 rings (SSSR count). The number of halogens is 1. The summed E-state index contributed by atoms with van der Waals surface area (Å²) in [6.45, 7) is 3.01. The van der Waals surface area contributed by atoms with Gasteiger partial charge in [0.15, 0.2) is 0 Å². The number of amides is 1. The van der Waals surface area contributed by atoms with Gasteiger partial charge in [-0.2, -0.15) is 0 Å². The van der Waals surface area contributed by atoms with E-state index in [9.17, 15) is 4.79 Å². The van der Waals surface area contributed by atoms with Crippen molar-refractivity contribution in [1.29, 1.82) is 0 Å². The number of benzene rings is 1. The van der Waals surface area contributed by atoms with Gasteiger partial charge in [0, 0.05) is 22.7 Å². The summed E-state index contributed by atoms with van der Waals surface area (Å²) in [5, 5.41) is 0. The van der Waals surface area contributed by atoms with E-state index in [1.165, 1.54) is 12.8 Å². The molecule has 1 atom stereocenters. The van der Waals surface area contributed by atoms with Crippen LogP contribution in [0.5, 0.6) is 0 Å². The summed E-state index contributed by atoms with van der Waals surface area (Å²) in [5.41, 5.74) is 7.16. The van der Waals surface area contributed by atoms with Gasteiger partial charge in [0.1, 0.15) is 0 Å². The number of anilines is 1. The van der Waals surface area contributed by atoms with Crippen molar-refractivity contribution in [2.24, 2.45) is 0 Å². The monoisotopic (exact) mass is 324 g/mol. The molecule has 104 valence electrons. The molecule has 1 fully saturated rings. The van der Waals surface area contributed by atoms with Gasteiger partial charge >= 0.3 is 0 Å². The van der Waals surface area contributed by atoms with Gasteiger partial charge in [0.2, 0.25) is 0 Å². The summed E-state index contributed by atoms with van der Waals surface area (Å²) >= 11 is 3.37. The van der Waals surface area contributed by atoms with Crippen LogP contribution in [-0.2, 0) is 0 Å². The van der Waals surface area contributed by atoms with Crippen LogP contribution in [0, 0.1) is 0 Å². The van der Waals surface area contributed by atoms with Crippen molar-refractivity contribution >= 4 is 27.5 Å². The highest BCUT2D eigenvalue weighted by molar-refractivity contribution is 9.10. The molecule has 1 amide bonds. The van der Waals surface area contributed by atoms with Gasteiger partial charge in [-0.3, -0.25) is 4.79 Å². The Bertz CT molecular complexity index is 461. The Morgan fingerprint density at radius 3 is 2.89 bits per heavy atom. The molecule has 1 aliphatic rings. The second-order valence-corrected chi connectivity index (χ2v) is 6.06. The number of nitrogens with zero attached hydrogens (tertiary/aromatic N) is 1. The van der Waals surface area contributed by atoms with Crippen LogP contribution in [0.25, 0.3) is 0 Å². The molecule has 4 heteroatoms. The number of hydrogen-bond donors (Lipinski definition) is 1. The molecule has 1 aromatic rings. The summed E-state index contributed by atoms with van der Waals surface area (Å²) in [7, 11) is 0. The van der Waals surface area contributed by atoms with Crippen LogP contribution in [0.3, 0.4) is 0 Å². The van der Waals surface area contributed by atoms with E-state index < -0.39 is 0 Å². The van der Waals surface area contributed by atoms with E-state index in [1.54, 1.807) is 6.07 Å². The van der Waals surface area contributed by atoms with Gasteiger partial charge < -0.3 is 10.6 Å². The minimum absolute atomic E-state index is 0.0822. The summed E-state index contributed by atoms with van der Waals surface area (Å²) in [4.78, 5) is 14.7. The van der Waals surface area contributed by atoms with Gasteiger partial charge in [-0.05, 0) is 37.5 Å². The number of hydrogen-bond acceptors (Lipinski definition) is 2. The van der Waals surface area contributed by atoms with Crippen LogP contribution in [-0.4, -0.2) is 23.4 Å². The van der Waals surface area contributed by atoms with Crippen molar-refractivity contribution in [2.45, 2.75) is 45.1 Å². The van der Waals surface area contributed by atoms with Gasteiger partial charge in [-0.1, -0.05) is 35.7 Å². The van der Waals surface area contributed by atoms with Gasteiger partial charge in [0.25, 0.3) is 5.91 Å². The lowest BCUT2D eigenvalue weighted by Gasteiger charge is -2.29. The lowest BCUT2D eigenvalue weighted by molar-refractivity contribution is 0.0679. The van der Waals surface area contributed by atoms with E-state index in [0.717, 1.165) is 30.3 Å². The predicted octanol–water partition coefficient (Wildman–Crippen LogP) is 3.83. The fourth-order valence-electron chi connectivity index (χ4n) is 2.75. The first-order valence-corrected chi connectivity index (χ1v) is 7.78. The number of likely N-dealkylation sites (tertiary alicyclic amines) is 1. The number of rotatable bonds is 2. The Balaban J connectivity index is 2.25. The molecule has 0 radical (unpaired) electrons. The zero-order chi connectivity index (χ0) is 13.8. The summed E-state index contributed by atoms with van der Waals surface area (Å²) < 4.78 is 0.907. The first-order chi connectivity index (χ1) is 9.13. The van der Waals surface area contributed by atoms with E-state index in [1.807, 2.05) is 17.0 Å². The normalized spacial score (nSPS) is 20.1. The van der Waals surface area contributed by atoms with Crippen molar-refractivity contribution in [3.8, 4) is 0 Å². The highest BCUT2D eigenvalue weighted by Crippen LogP contribution is 2.25. The van der Waals surface area contributed by atoms with Crippen LogP contribution < -0.4 is 5.73 Å². The second kappa shape index (κ2) is 6.42. The lowest BCUT2D eigenvalue weighted by Crippen LogP contribution is -2.39. The average Bonchev–Trinajstić information content (AvgIpc) is 2.63. The standard InChI is InChI=1S/C15H21BrN2O/c1-2-12-6-4-3-5-9-18(12)15(19)13-8-7-11(16)10-14(13)17/h7-8,10,12H,2-6,9,17H2,1H3. The molecule has 3 nitrogen and oxygen atoms in total. The SMILES string of the molecule is CCC1CCCCCN1C(=O)c1ccc(Br)cc1N. The van der Waals surface area contributed by atoms with Crippen molar-refractivity contribution in [3.63, 3.8) is 0 Å². The highest BCUT2D eigenvalue weighted by Gasteiger charge is 2.26. The molecule has 2 N–H and O–H groups in total. The van der Waals surface area contributed by atoms with E-state index in [-0.39, 0.29) is 5.91 Å². The molecule has 1 saturated heterocycles.